The van der Waals surface area contributed by atoms with E-state index in [4.69, 9.17) is 13.9 Å². The Hall–Kier alpha value is -3.40. The van der Waals surface area contributed by atoms with Crippen LogP contribution in [-0.4, -0.2) is 76.3 Å². The van der Waals surface area contributed by atoms with E-state index in [0.717, 1.165) is 17.1 Å². The smallest absolute Gasteiger partial charge is 0.289 e. The molecule has 33 heavy (non-hydrogen) atoms. The van der Waals surface area contributed by atoms with E-state index in [1.807, 2.05) is 27.8 Å². The van der Waals surface area contributed by atoms with Crippen LogP contribution in [0.5, 0.6) is 11.5 Å². The number of furan rings is 1. The first-order valence-corrected chi connectivity index (χ1v) is 10.9. The molecule has 0 spiro atoms. The number of tetrazole rings is 1. The summed E-state index contributed by atoms with van der Waals surface area (Å²) in [6.45, 7) is 8.56. The van der Waals surface area contributed by atoms with Crippen LogP contribution in [0.25, 0.3) is 0 Å². The summed E-state index contributed by atoms with van der Waals surface area (Å²) in [5.41, 5.74) is 0.586. The van der Waals surface area contributed by atoms with Gasteiger partial charge in [-0.1, -0.05) is 0 Å². The Bertz CT molecular complexity index is 1080. The Morgan fingerprint density at radius 2 is 1.85 bits per heavy atom. The van der Waals surface area contributed by atoms with Crippen LogP contribution >= 0.6 is 0 Å². The van der Waals surface area contributed by atoms with Crippen LogP contribution in [0.15, 0.2) is 41.0 Å². The quantitative estimate of drug-likeness (QED) is 0.561. The van der Waals surface area contributed by atoms with Gasteiger partial charge in [0, 0.05) is 31.7 Å². The zero-order valence-electron chi connectivity index (χ0n) is 19.7. The fourth-order valence-corrected chi connectivity index (χ4v) is 4.13. The van der Waals surface area contributed by atoms with E-state index in [9.17, 15) is 4.79 Å². The third-order valence-electron chi connectivity index (χ3n) is 5.80. The van der Waals surface area contributed by atoms with E-state index in [0.29, 0.717) is 37.8 Å². The molecular weight excluding hydrogens is 424 g/mol. The molecular formula is C23H30N6O4. The molecule has 0 bridgehead atoms. The molecule has 3 heterocycles. The summed E-state index contributed by atoms with van der Waals surface area (Å²) in [7, 11) is 3.29. The van der Waals surface area contributed by atoms with Crippen molar-refractivity contribution in [1.82, 2.24) is 30.0 Å². The van der Waals surface area contributed by atoms with Crippen LogP contribution in [-0.2, 0) is 5.54 Å². The number of piperazine rings is 1. The highest BCUT2D eigenvalue weighted by molar-refractivity contribution is 5.91. The molecule has 176 valence electrons. The standard InChI is InChI=1S/C23H30N6O4/c1-23(2,3)29-21(24-25-26-29)20(17-15-16(31-4)8-9-18(17)32-5)27-10-12-28(13-11-27)22(30)19-7-6-14-33-19/h6-9,14-15,20H,10-13H2,1-5H3. The summed E-state index contributed by atoms with van der Waals surface area (Å²) in [6.07, 6.45) is 1.51. The molecule has 0 N–H and O–H groups in total. The maximum atomic E-state index is 12.7. The van der Waals surface area contributed by atoms with Gasteiger partial charge in [0.15, 0.2) is 11.6 Å². The van der Waals surface area contributed by atoms with E-state index in [1.165, 1.54) is 6.26 Å². The first-order valence-electron chi connectivity index (χ1n) is 10.9. The SMILES string of the molecule is COc1ccc(OC)c(C(c2nnnn2C(C)(C)C)N2CCN(C(=O)c3ccco3)CC2)c1. The number of rotatable bonds is 6. The highest BCUT2D eigenvalue weighted by Crippen LogP contribution is 2.37. The monoisotopic (exact) mass is 454 g/mol. The molecule has 4 rings (SSSR count). The van der Waals surface area contributed by atoms with Gasteiger partial charge in [-0.3, -0.25) is 9.69 Å². The highest BCUT2D eigenvalue weighted by Gasteiger charge is 2.36. The van der Waals surface area contributed by atoms with E-state index in [1.54, 1.807) is 26.4 Å². The van der Waals surface area contributed by atoms with Crippen molar-refractivity contribution < 1.29 is 18.7 Å². The number of carbonyl (C=O) groups excluding carboxylic acids is 1. The predicted octanol–water partition coefficient (Wildman–Crippen LogP) is 2.59. The lowest BCUT2D eigenvalue weighted by molar-refractivity contribution is 0.0554. The van der Waals surface area contributed by atoms with Crippen LogP contribution in [0.4, 0.5) is 0 Å². The Morgan fingerprint density at radius 1 is 1.09 bits per heavy atom. The van der Waals surface area contributed by atoms with Crippen molar-refractivity contribution in [2.24, 2.45) is 0 Å². The fourth-order valence-electron chi connectivity index (χ4n) is 4.13. The van der Waals surface area contributed by atoms with Crippen molar-refractivity contribution in [3.8, 4) is 11.5 Å². The van der Waals surface area contributed by atoms with Gasteiger partial charge in [0.2, 0.25) is 0 Å². The number of hydrogen-bond acceptors (Lipinski definition) is 8. The summed E-state index contributed by atoms with van der Waals surface area (Å²) >= 11 is 0. The predicted molar refractivity (Wildman–Crippen MR) is 120 cm³/mol. The Labute approximate surface area is 193 Å². The summed E-state index contributed by atoms with van der Waals surface area (Å²) in [4.78, 5) is 16.8. The molecule has 2 aromatic heterocycles. The van der Waals surface area contributed by atoms with Crippen molar-refractivity contribution in [3.05, 3.63) is 53.7 Å². The van der Waals surface area contributed by atoms with Crippen molar-refractivity contribution in [2.75, 3.05) is 40.4 Å². The van der Waals surface area contributed by atoms with Crippen LogP contribution in [0.2, 0.25) is 0 Å². The Kier molecular flexibility index (Phi) is 6.37. The van der Waals surface area contributed by atoms with Crippen LogP contribution in [0, 0.1) is 0 Å². The highest BCUT2D eigenvalue weighted by atomic mass is 16.5. The molecule has 1 atom stereocenters. The van der Waals surface area contributed by atoms with Gasteiger partial charge in [0.05, 0.1) is 26.0 Å². The topological polar surface area (TPSA) is 98.7 Å². The second kappa shape index (κ2) is 9.22. The van der Waals surface area contributed by atoms with E-state index >= 15 is 0 Å². The number of nitrogens with zero attached hydrogens (tertiary/aromatic N) is 6. The van der Waals surface area contributed by atoms with Crippen LogP contribution in [0.1, 0.15) is 48.8 Å². The maximum Gasteiger partial charge on any atom is 0.289 e. The fraction of sp³-hybridized carbons (Fsp3) is 0.478. The average molecular weight is 455 g/mol. The zero-order valence-corrected chi connectivity index (χ0v) is 19.7. The van der Waals surface area contributed by atoms with Crippen LogP contribution < -0.4 is 9.47 Å². The number of ether oxygens (including phenoxy) is 2. The minimum atomic E-state index is -0.319. The van der Waals surface area contributed by atoms with Gasteiger partial charge >= 0.3 is 0 Å². The lowest BCUT2D eigenvalue weighted by Gasteiger charge is -2.39. The van der Waals surface area contributed by atoms with Gasteiger partial charge in [0.1, 0.15) is 17.5 Å². The molecule has 0 radical (unpaired) electrons. The first-order chi connectivity index (χ1) is 15.8. The summed E-state index contributed by atoms with van der Waals surface area (Å²) in [6, 6.07) is 8.85. The minimum absolute atomic E-state index is 0.102. The van der Waals surface area contributed by atoms with Crippen molar-refractivity contribution >= 4 is 5.91 Å². The molecule has 1 aliphatic rings. The zero-order chi connectivity index (χ0) is 23.6. The largest absolute Gasteiger partial charge is 0.497 e. The number of methoxy groups -OCH3 is 2. The lowest BCUT2D eigenvalue weighted by atomic mass is 10.00. The molecule has 1 aliphatic heterocycles. The Balaban J connectivity index is 1.70. The third kappa shape index (κ3) is 4.56. The van der Waals surface area contributed by atoms with E-state index < -0.39 is 0 Å². The first kappa shape index (κ1) is 22.8. The van der Waals surface area contributed by atoms with Gasteiger partial charge in [0.25, 0.3) is 5.91 Å². The Morgan fingerprint density at radius 3 is 2.45 bits per heavy atom. The molecule has 3 aromatic rings. The third-order valence-corrected chi connectivity index (χ3v) is 5.80. The molecule has 1 aromatic carbocycles. The van der Waals surface area contributed by atoms with Gasteiger partial charge in [-0.25, -0.2) is 4.68 Å². The van der Waals surface area contributed by atoms with E-state index in [2.05, 4.69) is 41.2 Å². The molecule has 1 saturated heterocycles. The van der Waals surface area contributed by atoms with Gasteiger partial charge in [-0.05, 0) is 61.5 Å². The number of aromatic nitrogens is 4. The van der Waals surface area contributed by atoms with Crippen molar-refractivity contribution in [3.63, 3.8) is 0 Å². The van der Waals surface area contributed by atoms with Gasteiger partial charge < -0.3 is 18.8 Å². The molecule has 0 aliphatic carbocycles. The van der Waals surface area contributed by atoms with Gasteiger partial charge in [-0.2, -0.15) is 0 Å². The lowest BCUT2D eigenvalue weighted by Crippen LogP contribution is -2.50. The summed E-state index contributed by atoms with van der Waals surface area (Å²) in [5.74, 6) is 2.40. The van der Waals surface area contributed by atoms with E-state index in [-0.39, 0.29) is 17.5 Å². The normalized spacial score (nSPS) is 16.0. The molecule has 10 heteroatoms. The number of carbonyl (C=O) groups is 1. The number of hydrogen-bond donors (Lipinski definition) is 0. The number of benzene rings is 1. The molecule has 1 fully saturated rings. The van der Waals surface area contributed by atoms with Crippen LogP contribution in [0.3, 0.4) is 0 Å². The molecule has 1 amide bonds. The number of amides is 1. The summed E-state index contributed by atoms with van der Waals surface area (Å²) in [5, 5.41) is 12.7. The molecule has 0 saturated carbocycles. The van der Waals surface area contributed by atoms with Gasteiger partial charge in [-0.15, -0.1) is 5.10 Å². The van der Waals surface area contributed by atoms with Crippen molar-refractivity contribution in [2.45, 2.75) is 32.4 Å². The maximum absolute atomic E-state index is 12.7. The summed E-state index contributed by atoms with van der Waals surface area (Å²) < 4.78 is 18.4. The average Bonchev–Trinajstić information content (AvgIpc) is 3.52. The second-order valence-electron chi connectivity index (χ2n) is 8.94. The second-order valence-corrected chi connectivity index (χ2v) is 8.94. The minimum Gasteiger partial charge on any atom is -0.497 e. The molecule has 1 unspecified atom stereocenters. The molecule has 10 nitrogen and oxygen atoms in total. The van der Waals surface area contributed by atoms with Crippen molar-refractivity contribution in [1.29, 1.82) is 0 Å².